The molecule has 4 rings (SSSR count). The summed E-state index contributed by atoms with van der Waals surface area (Å²) < 4.78 is 29.0. The van der Waals surface area contributed by atoms with Crippen molar-refractivity contribution >= 4 is 35.4 Å². The number of benzene rings is 3. The van der Waals surface area contributed by atoms with Crippen LogP contribution in [-0.4, -0.2) is 27.9 Å². The van der Waals surface area contributed by atoms with E-state index >= 15 is 0 Å². The summed E-state index contributed by atoms with van der Waals surface area (Å²) in [6.07, 6.45) is 1.49. The van der Waals surface area contributed by atoms with Crippen LogP contribution in [0.1, 0.15) is 27.2 Å². The molecule has 1 aromatic heterocycles. The van der Waals surface area contributed by atoms with Crippen LogP contribution in [0.4, 0.5) is 19.3 Å². The van der Waals surface area contributed by atoms with Gasteiger partial charge in [0.2, 0.25) is 0 Å². The minimum absolute atomic E-state index is 0.136. The van der Waals surface area contributed by atoms with Gasteiger partial charge >= 0.3 is 6.03 Å². The number of oxime groups is 1. The molecule has 0 bridgehead atoms. The summed E-state index contributed by atoms with van der Waals surface area (Å²) in [5.74, 6) is -3.33. The van der Waals surface area contributed by atoms with E-state index in [4.69, 9.17) is 16.4 Å². The van der Waals surface area contributed by atoms with Crippen molar-refractivity contribution in [2.45, 2.75) is 13.5 Å². The third-order valence-electron chi connectivity index (χ3n) is 5.17. The molecule has 0 fully saturated rings. The summed E-state index contributed by atoms with van der Waals surface area (Å²) in [4.78, 5) is 29.4. The highest BCUT2D eigenvalue weighted by Gasteiger charge is 2.19. The van der Waals surface area contributed by atoms with E-state index in [1.54, 1.807) is 28.9 Å². The van der Waals surface area contributed by atoms with E-state index in [2.05, 4.69) is 15.6 Å². The average molecular weight is 524 g/mol. The number of hydrogen-bond donors (Lipinski definition) is 2. The van der Waals surface area contributed by atoms with Crippen molar-refractivity contribution in [2.24, 2.45) is 5.16 Å². The predicted molar refractivity (Wildman–Crippen MR) is 135 cm³/mol. The van der Waals surface area contributed by atoms with Crippen molar-refractivity contribution in [1.29, 1.82) is 0 Å². The Morgan fingerprint density at radius 1 is 1.03 bits per heavy atom. The van der Waals surface area contributed by atoms with E-state index in [0.717, 1.165) is 29.4 Å². The van der Waals surface area contributed by atoms with E-state index in [1.807, 2.05) is 42.6 Å². The van der Waals surface area contributed by atoms with Gasteiger partial charge in [0.25, 0.3) is 5.91 Å². The van der Waals surface area contributed by atoms with Crippen molar-refractivity contribution in [3.8, 4) is 5.69 Å². The van der Waals surface area contributed by atoms with Crippen LogP contribution < -0.4 is 10.6 Å². The highest BCUT2D eigenvalue weighted by Crippen LogP contribution is 2.22. The maximum Gasteiger partial charge on any atom is 0.326 e. The van der Waals surface area contributed by atoms with Gasteiger partial charge in [0, 0.05) is 5.69 Å². The molecule has 3 aromatic carbocycles. The number of hydrogen-bond acceptors (Lipinski definition) is 5. The summed E-state index contributed by atoms with van der Waals surface area (Å²) in [7, 11) is 0. The summed E-state index contributed by atoms with van der Waals surface area (Å²) in [6, 6.07) is 18.0. The topological polar surface area (TPSA) is 97.6 Å². The lowest BCUT2D eigenvalue weighted by Gasteiger charge is -2.08. The Bertz CT molecular complexity index is 1440. The molecule has 2 N–H and O–H groups in total. The van der Waals surface area contributed by atoms with Crippen molar-refractivity contribution in [2.75, 3.05) is 5.32 Å². The molecule has 0 atom stereocenters. The molecule has 0 aliphatic heterocycles. The Morgan fingerprint density at radius 2 is 1.70 bits per heavy atom. The molecule has 0 aliphatic rings. The van der Waals surface area contributed by atoms with Crippen molar-refractivity contribution < 1.29 is 23.2 Å². The molecule has 0 unspecified atom stereocenters. The van der Waals surface area contributed by atoms with Gasteiger partial charge in [-0.2, -0.15) is 5.10 Å². The van der Waals surface area contributed by atoms with Gasteiger partial charge in [-0.15, -0.1) is 0 Å². The van der Waals surface area contributed by atoms with Crippen LogP contribution >= 0.6 is 11.6 Å². The molecule has 8 nitrogen and oxygen atoms in total. The van der Waals surface area contributed by atoms with E-state index in [1.165, 1.54) is 6.21 Å². The fourth-order valence-electron chi connectivity index (χ4n) is 3.33. The molecular formula is C26H20ClF2N5O3. The first-order chi connectivity index (χ1) is 17.8. The first-order valence-electron chi connectivity index (χ1n) is 10.9. The zero-order valence-electron chi connectivity index (χ0n) is 19.4. The molecule has 0 radical (unpaired) electrons. The number of imide groups is 1. The highest BCUT2D eigenvalue weighted by molar-refractivity contribution is 6.32. The zero-order valence-corrected chi connectivity index (χ0v) is 20.2. The van der Waals surface area contributed by atoms with Crippen LogP contribution in [0.25, 0.3) is 5.69 Å². The Labute approximate surface area is 215 Å². The van der Waals surface area contributed by atoms with Gasteiger partial charge in [-0.05, 0) is 48.9 Å². The molecule has 0 spiro atoms. The van der Waals surface area contributed by atoms with Crippen molar-refractivity contribution in [3.63, 3.8) is 0 Å². The molecule has 1 heterocycles. The molecule has 37 heavy (non-hydrogen) atoms. The van der Waals surface area contributed by atoms with Gasteiger partial charge in [0.1, 0.15) is 29.0 Å². The molecule has 3 amide bonds. The van der Waals surface area contributed by atoms with E-state index in [9.17, 15) is 18.4 Å². The summed E-state index contributed by atoms with van der Waals surface area (Å²) >= 11 is 6.46. The fourth-order valence-corrected chi connectivity index (χ4v) is 3.65. The van der Waals surface area contributed by atoms with Crippen LogP contribution in [0.15, 0.2) is 78.0 Å². The van der Waals surface area contributed by atoms with E-state index < -0.39 is 29.1 Å². The van der Waals surface area contributed by atoms with Crippen LogP contribution in [0.2, 0.25) is 5.15 Å². The molecule has 188 valence electrons. The first kappa shape index (κ1) is 25.5. The number of halogens is 3. The maximum absolute atomic E-state index is 13.7. The summed E-state index contributed by atoms with van der Waals surface area (Å²) in [5.41, 5.74) is 2.39. The third kappa shape index (κ3) is 6.17. The second-order valence-electron chi connectivity index (χ2n) is 7.75. The van der Waals surface area contributed by atoms with Crippen LogP contribution in [0.5, 0.6) is 0 Å². The summed E-state index contributed by atoms with van der Waals surface area (Å²) in [6.45, 7) is 1.95. The van der Waals surface area contributed by atoms with Crippen LogP contribution in [0, 0.1) is 18.6 Å². The molecular weight excluding hydrogens is 504 g/mol. The number of aromatic nitrogens is 2. The average Bonchev–Trinajstić information content (AvgIpc) is 3.16. The number of rotatable bonds is 7. The lowest BCUT2D eigenvalue weighted by Crippen LogP contribution is -2.35. The number of anilines is 1. The SMILES string of the molecule is Cc1nn(-c2ccccc2)c(Cl)c1/C=N\OCc1ccc(NC(=O)NC(=O)c2c(F)cccc2F)cc1. The standard InChI is InChI=1S/C26H20ClF2N5O3/c1-16-20(24(27)34(33-16)19-6-3-2-4-7-19)14-30-37-15-17-10-12-18(13-11-17)31-26(36)32-25(35)23-21(28)8-5-9-22(23)29/h2-14H,15H2,1H3,(H2,31,32,35,36)/b30-14-. The van der Waals surface area contributed by atoms with Crippen LogP contribution in [0.3, 0.4) is 0 Å². The minimum Gasteiger partial charge on any atom is -0.391 e. The maximum atomic E-state index is 13.7. The highest BCUT2D eigenvalue weighted by atomic mass is 35.5. The molecule has 0 aliphatic carbocycles. The Hall–Kier alpha value is -4.57. The summed E-state index contributed by atoms with van der Waals surface area (Å²) in [5, 5.41) is 13.1. The van der Waals surface area contributed by atoms with E-state index in [0.29, 0.717) is 22.1 Å². The number of nitrogens with zero attached hydrogens (tertiary/aromatic N) is 3. The lowest BCUT2D eigenvalue weighted by molar-refractivity contribution is 0.0959. The predicted octanol–water partition coefficient (Wildman–Crippen LogP) is 5.62. The number of carbonyl (C=O) groups is 2. The molecule has 0 saturated heterocycles. The number of para-hydroxylation sites is 1. The second-order valence-corrected chi connectivity index (χ2v) is 8.11. The lowest BCUT2D eigenvalue weighted by atomic mass is 10.2. The quantitative estimate of drug-likeness (QED) is 0.242. The monoisotopic (exact) mass is 523 g/mol. The number of nitrogens with one attached hydrogen (secondary N) is 2. The van der Waals surface area contributed by atoms with Gasteiger partial charge in [0.05, 0.1) is 23.2 Å². The zero-order chi connectivity index (χ0) is 26.4. The Balaban J connectivity index is 1.30. The largest absolute Gasteiger partial charge is 0.391 e. The molecule has 4 aromatic rings. The number of amides is 3. The first-order valence-corrected chi connectivity index (χ1v) is 11.3. The van der Waals surface area contributed by atoms with Gasteiger partial charge < -0.3 is 10.2 Å². The second kappa shape index (κ2) is 11.4. The van der Waals surface area contributed by atoms with Crippen molar-refractivity contribution in [3.05, 3.63) is 112 Å². The van der Waals surface area contributed by atoms with Crippen LogP contribution in [-0.2, 0) is 11.4 Å². The van der Waals surface area contributed by atoms with E-state index in [-0.39, 0.29) is 6.61 Å². The van der Waals surface area contributed by atoms with Gasteiger partial charge in [-0.3, -0.25) is 10.1 Å². The van der Waals surface area contributed by atoms with Gasteiger partial charge in [-0.1, -0.05) is 53.2 Å². The minimum atomic E-state index is -1.19. The molecule has 11 heteroatoms. The number of carbonyl (C=O) groups excluding carboxylic acids is 2. The Kier molecular flexibility index (Phi) is 7.89. The van der Waals surface area contributed by atoms with Crippen molar-refractivity contribution in [1.82, 2.24) is 15.1 Å². The van der Waals surface area contributed by atoms with Gasteiger partial charge in [0.15, 0.2) is 0 Å². The number of aryl methyl sites for hydroxylation is 1. The fraction of sp³-hybridized carbons (Fsp3) is 0.0769. The number of urea groups is 1. The smallest absolute Gasteiger partial charge is 0.326 e. The normalized spacial score (nSPS) is 10.9. The molecule has 0 saturated carbocycles. The third-order valence-corrected chi connectivity index (χ3v) is 5.53. The van der Waals surface area contributed by atoms with Gasteiger partial charge in [-0.25, -0.2) is 18.3 Å². The Morgan fingerprint density at radius 3 is 2.38 bits per heavy atom.